The number of hydrogen-bond donors (Lipinski definition) is 0. The van der Waals surface area contributed by atoms with Crippen molar-refractivity contribution in [3.8, 4) is 11.1 Å². The van der Waals surface area contributed by atoms with E-state index in [4.69, 9.17) is 37.7 Å². The maximum Gasteiger partial charge on any atom is 0.339 e. The molecule has 0 aliphatic carbocycles. The Balaban J connectivity index is 1.37. The van der Waals surface area contributed by atoms with Crippen molar-refractivity contribution in [3.63, 3.8) is 0 Å². The molecule has 1 aromatic carbocycles. The van der Waals surface area contributed by atoms with Crippen molar-refractivity contribution in [2.45, 2.75) is 6.92 Å². The van der Waals surface area contributed by atoms with E-state index in [0.717, 1.165) is 35.9 Å². The second kappa shape index (κ2) is 11.7. The molecular formula is C27H28Cl2FN5O3. The average molecular weight is 560 g/mol. The Morgan fingerprint density at radius 2 is 1.58 bits per heavy atom. The van der Waals surface area contributed by atoms with E-state index in [9.17, 15) is 9.18 Å². The maximum absolute atomic E-state index is 13.8. The van der Waals surface area contributed by atoms with Crippen molar-refractivity contribution >= 4 is 46.6 Å². The van der Waals surface area contributed by atoms with Gasteiger partial charge in [0, 0.05) is 45.5 Å². The van der Waals surface area contributed by atoms with Crippen LogP contribution in [0.3, 0.4) is 0 Å². The first-order valence-corrected chi connectivity index (χ1v) is 13.3. The van der Waals surface area contributed by atoms with Crippen molar-refractivity contribution in [1.29, 1.82) is 0 Å². The standard InChI is InChI=1S/C27H28Cl2FN5O3/c1-2-38-27(36)20-14-22(29)26(31-17-20)35-7-5-33(6-8-35)24-15-19(18-3-4-23(30)21(28)13-18)16-25(32-24)34-9-11-37-12-10-34/h3-4,13-17H,2,5-12H2,1H3. The van der Waals surface area contributed by atoms with E-state index in [0.29, 0.717) is 55.8 Å². The second-order valence-corrected chi connectivity index (χ2v) is 9.84. The highest BCUT2D eigenvalue weighted by molar-refractivity contribution is 6.33. The predicted octanol–water partition coefficient (Wildman–Crippen LogP) is 4.93. The van der Waals surface area contributed by atoms with Gasteiger partial charge in [-0.3, -0.25) is 0 Å². The SMILES string of the molecule is CCOC(=O)c1cnc(N2CCN(c3cc(-c4ccc(F)c(Cl)c4)cc(N4CCOCC4)n3)CC2)c(Cl)c1. The summed E-state index contributed by atoms with van der Waals surface area (Å²) in [6.45, 7) is 7.57. The summed E-state index contributed by atoms with van der Waals surface area (Å²) < 4.78 is 24.4. The highest BCUT2D eigenvalue weighted by Gasteiger charge is 2.24. The molecule has 0 unspecified atom stereocenters. The molecule has 0 spiro atoms. The lowest BCUT2D eigenvalue weighted by Gasteiger charge is -2.37. The number of morpholine rings is 1. The normalized spacial score (nSPS) is 16.1. The number of carbonyl (C=O) groups is 1. The number of piperazine rings is 1. The number of pyridine rings is 2. The number of halogens is 3. The summed E-state index contributed by atoms with van der Waals surface area (Å²) in [6.07, 6.45) is 1.50. The Hall–Kier alpha value is -3.14. The fraction of sp³-hybridized carbons (Fsp3) is 0.370. The van der Waals surface area contributed by atoms with Crippen molar-refractivity contribution in [3.05, 3.63) is 64.0 Å². The van der Waals surface area contributed by atoms with Gasteiger partial charge in [0.05, 0.1) is 35.4 Å². The lowest BCUT2D eigenvalue weighted by molar-refractivity contribution is 0.0526. The third-order valence-electron chi connectivity index (χ3n) is 6.62. The molecule has 8 nitrogen and oxygen atoms in total. The molecule has 2 aromatic heterocycles. The Kier molecular flexibility index (Phi) is 8.16. The smallest absolute Gasteiger partial charge is 0.339 e. The number of anilines is 3. The molecule has 0 amide bonds. The van der Waals surface area contributed by atoms with Gasteiger partial charge in [0.25, 0.3) is 0 Å². The summed E-state index contributed by atoms with van der Waals surface area (Å²) >= 11 is 12.6. The number of ether oxygens (including phenoxy) is 2. The number of benzene rings is 1. The molecule has 2 aliphatic heterocycles. The van der Waals surface area contributed by atoms with Crippen molar-refractivity contribution in [2.75, 3.05) is 73.8 Å². The summed E-state index contributed by atoms with van der Waals surface area (Å²) in [4.78, 5) is 28.0. The number of carbonyl (C=O) groups excluding carboxylic acids is 1. The molecule has 0 atom stereocenters. The zero-order valence-electron chi connectivity index (χ0n) is 21.0. The topological polar surface area (TPSA) is 71.0 Å². The molecule has 2 fully saturated rings. The number of hydrogen-bond acceptors (Lipinski definition) is 8. The summed E-state index contributed by atoms with van der Waals surface area (Å²) in [7, 11) is 0. The van der Waals surface area contributed by atoms with Gasteiger partial charge in [0.1, 0.15) is 23.3 Å². The number of aromatic nitrogens is 2. The molecular weight excluding hydrogens is 532 g/mol. The van der Waals surface area contributed by atoms with E-state index in [1.54, 1.807) is 25.1 Å². The van der Waals surface area contributed by atoms with Crippen LogP contribution in [0.25, 0.3) is 11.1 Å². The fourth-order valence-electron chi connectivity index (χ4n) is 4.60. The molecule has 0 bridgehead atoms. The minimum absolute atomic E-state index is 0.0840. The summed E-state index contributed by atoms with van der Waals surface area (Å²) in [5, 5.41) is 0.493. The molecule has 4 heterocycles. The van der Waals surface area contributed by atoms with Gasteiger partial charge >= 0.3 is 5.97 Å². The third kappa shape index (κ3) is 5.80. The van der Waals surface area contributed by atoms with Crippen LogP contribution in [0, 0.1) is 5.82 Å². The van der Waals surface area contributed by atoms with Crippen molar-refractivity contribution < 1.29 is 18.7 Å². The molecule has 3 aromatic rings. The van der Waals surface area contributed by atoms with Crippen LogP contribution in [-0.2, 0) is 9.47 Å². The Morgan fingerprint density at radius 3 is 2.21 bits per heavy atom. The van der Waals surface area contributed by atoms with Crippen molar-refractivity contribution in [1.82, 2.24) is 9.97 Å². The van der Waals surface area contributed by atoms with Gasteiger partial charge in [-0.25, -0.2) is 19.2 Å². The van der Waals surface area contributed by atoms with Gasteiger partial charge in [-0.15, -0.1) is 0 Å². The quantitative estimate of drug-likeness (QED) is 0.394. The van der Waals surface area contributed by atoms with Crippen molar-refractivity contribution in [2.24, 2.45) is 0 Å². The number of rotatable bonds is 6. The molecule has 38 heavy (non-hydrogen) atoms. The van der Waals surface area contributed by atoms with E-state index in [-0.39, 0.29) is 11.6 Å². The van der Waals surface area contributed by atoms with Crippen LogP contribution in [0.2, 0.25) is 10.0 Å². The number of esters is 1. The Bertz CT molecular complexity index is 1310. The Labute approximate surface area is 230 Å². The Morgan fingerprint density at radius 1 is 0.921 bits per heavy atom. The average Bonchev–Trinajstić information content (AvgIpc) is 2.95. The van der Waals surface area contributed by atoms with Crippen LogP contribution in [0.5, 0.6) is 0 Å². The van der Waals surface area contributed by atoms with Gasteiger partial charge in [-0.1, -0.05) is 29.3 Å². The molecule has 200 valence electrons. The van der Waals surface area contributed by atoms with Crippen LogP contribution in [-0.4, -0.2) is 75.0 Å². The minimum atomic E-state index is -0.447. The zero-order valence-corrected chi connectivity index (χ0v) is 22.5. The van der Waals surface area contributed by atoms with Crippen LogP contribution < -0.4 is 14.7 Å². The first-order chi connectivity index (χ1) is 18.4. The van der Waals surface area contributed by atoms with Gasteiger partial charge in [0.15, 0.2) is 0 Å². The zero-order chi connectivity index (χ0) is 26.6. The monoisotopic (exact) mass is 559 g/mol. The summed E-state index contributed by atoms with van der Waals surface area (Å²) in [5.41, 5.74) is 2.07. The van der Waals surface area contributed by atoms with Gasteiger partial charge in [-0.2, -0.15) is 0 Å². The third-order valence-corrected chi connectivity index (χ3v) is 7.19. The van der Waals surface area contributed by atoms with Gasteiger partial charge < -0.3 is 24.2 Å². The molecule has 0 radical (unpaired) electrons. The molecule has 0 saturated carbocycles. The summed E-state index contributed by atoms with van der Waals surface area (Å²) in [5.74, 6) is 1.43. The van der Waals surface area contributed by atoms with Gasteiger partial charge in [-0.05, 0) is 48.4 Å². The van der Waals surface area contributed by atoms with E-state index in [1.807, 2.05) is 12.1 Å². The highest BCUT2D eigenvalue weighted by Crippen LogP contribution is 2.32. The van der Waals surface area contributed by atoms with Crippen LogP contribution in [0.4, 0.5) is 21.8 Å². The van der Waals surface area contributed by atoms with Crippen LogP contribution in [0.1, 0.15) is 17.3 Å². The van der Waals surface area contributed by atoms with Crippen LogP contribution >= 0.6 is 23.2 Å². The second-order valence-electron chi connectivity index (χ2n) is 9.02. The fourth-order valence-corrected chi connectivity index (χ4v) is 5.06. The first kappa shape index (κ1) is 26.5. The predicted molar refractivity (Wildman–Crippen MR) is 147 cm³/mol. The first-order valence-electron chi connectivity index (χ1n) is 12.6. The molecule has 11 heteroatoms. The lowest BCUT2D eigenvalue weighted by Crippen LogP contribution is -2.47. The van der Waals surface area contributed by atoms with E-state index in [1.165, 1.54) is 12.3 Å². The largest absolute Gasteiger partial charge is 0.462 e. The molecule has 2 aliphatic rings. The molecule has 2 saturated heterocycles. The van der Waals surface area contributed by atoms with Gasteiger partial charge in [0.2, 0.25) is 0 Å². The van der Waals surface area contributed by atoms with E-state index < -0.39 is 11.8 Å². The molecule has 5 rings (SSSR count). The van der Waals surface area contributed by atoms with Crippen LogP contribution in [0.15, 0.2) is 42.6 Å². The maximum atomic E-state index is 13.8. The molecule has 0 N–H and O–H groups in total. The van der Waals surface area contributed by atoms with E-state index in [2.05, 4.69) is 19.7 Å². The summed E-state index contributed by atoms with van der Waals surface area (Å²) in [6, 6.07) is 10.4. The highest BCUT2D eigenvalue weighted by atomic mass is 35.5. The lowest BCUT2D eigenvalue weighted by atomic mass is 10.1. The minimum Gasteiger partial charge on any atom is -0.462 e. The van der Waals surface area contributed by atoms with E-state index >= 15 is 0 Å². The number of nitrogens with zero attached hydrogens (tertiary/aromatic N) is 5.